The molecule has 2 aliphatic rings. The molecule has 0 aromatic carbocycles. The van der Waals surface area contributed by atoms with Crippen LogP contribution in [0.5, 0.6) is 0 Å². The maximum Gasteiger partial charge on any atom is 1.00 e. The first kappa shape index (κ1) is 13.5. The SMILES string of the molecule is [Cs+].[PH-]C1CCCCN2CCCNC12. The molecular formula is C9H18CsN2P. The summed E-state index contributed by atoms with van der Waals surface area (Å²) in [6, 6.07) is 0. The Morgan fingerprint density at radius 1 is 1.15 bits per heavy atom. The molecule has 2 aliphatic heterocycles. The van der Waals surface area contributed by atoms with Gasteiger partial charge in [-0.15, -0.1) is 5.66 Å². The maximum atomic E-state index is 3.83. The molecule has 1 N–H and O–H groups in total. The van der Waals surface area contributed by atoms with Gasteiger partial charge < -0.3 is 14.6 Å². The molecule has 2 saturated heterocycles. The van der Waals surface area contributed by atoms with Crippen LogP contribution in [0.3, 0.4) is 0 Å². The van der Waals surface area contributed by atoms with Crippen molar-refractivity contribution in [1.29, 1.82) is 0 Å². The molecule has 0 amide bonds. The summed E-state index contributed by atoms with van der Waals surface area (Å²) < 4.78 is 0. The van der Waals surface area contributed by atoms with Crippen LogP contribution in [0.15, 0.2) is 0 Å². The third kappa shape index (κ3) is 3.72. The van der Waals surface area contributed by atoms with Crippen LogP contribution in [0.25, 0.3) is 0 Å². The molecule has 0 aromatic heterocycles. The van der Waals surface area contributed by atoms with Gasteiger partial charge in [-0.1, -0.05) is 12.8 Å². The van der Waals surface area contributed by atoms with Crippen LogP contribution in [-0.2, 0) is 0 Å². The van der Waals surface area contributed by atoms with Crippen molar-refractivity contribution in [3.8, 4) is 0 Å². The molecule has 2 unspecified atom stereocenters. The summed E-state index contributed by atoms with van der Waals surface area (Å²) in [6.45, 7) is 3.78. The van der Waals surface area contributed by atoms with Crippen molar-refractivity contribution in [3.05, 3.63) is 0 Å². The first-order valence-corrected chi connectivity index (χ1v) is 5.64. The molecule has 0 radical (unpaired) electrons. The van der Waals surface area contributed by atoms with Gasteiger partial charge in [0.15, 0.2) is 0 Å². The molecule has 2 nitrogen and oxygen atoms in total. The maximum absolute atomic E-state index is 3.83. The van der Waals surface area contributed by atoms with E-state index >= 15 is 0 Å². The first-order chi connectivity index (χ1) is 5.88. The van der Waals surface area contributed by atoms with E-state index in [4.69, 9.17) is 0 Å². The predicted octanol–water partition coefficient (Wildman–Crippen LogP) is -1.69. The Kier molecular flexibility index (Phi) is 7.12. The molecule has 0 aromatic rings. The zero-order valence-electron chi connectivity index (χ0n) is 8.55. The molecule has 0 spiro atoms. The summed E-state index contributed by atoms with van der Waals surface area (Å²) in [5, 5.41) is 3.59. The summed E-state index contributed by atoms with van der Waals surface area (Å²) in [4.78, 5) is 2.59. The number of rotatable bonds is 0. The fourth-order valence-corrected chi connectivity index (χ4v) is 2.82. The fourth-order valence-electron chi connectivity index (χ4n) is 2.28. The van der Waals surface area contributed by atoms with Gasteiger partial charge in [0, 0.05) is 12.7 Å². The van der Waals surface area contributed by atoms with Crippen LogP contribution in [0.1, 0.15) is 25.7 Å². The Bertz CT molecular complexity index is 157. The Morgan fingerprint density at radius 2 is 1.92 bits per heavy atom. The van der Waals surface area contributed by atoms with Gasteiger partial charge in [-0.2, -0.15) is 0 Å². The Hall–Kier alpha value is 2.40. The second-order valence-corrected chi connectivity index (χ2v) is 4.63. The van der Waals surface area contributed by atoms with Crippen molar-refractivity contribution in [1.82, 2.24) is 10.2 Å². The van der Waals surface area contributed by atoms with E-state index < -0.39 is 0 Å². The van der Waals surface area contributed by atoms with Crippen LogP contribution in [0.2, 0.25) is 0 Å². The first-order valence-electron chi connectivity index (χ1n) is 5.06. The molecule has 0 aliphatic carbocycles. The molecule has 13 heavy (non-hydrogen) atoms. The standard InChI is InChI=1S/C9H18N2P.Cs/c12-8-4-1-2-6-11-7-3-5-10-9(8)11;/h8-10,12H,1-7H2;/q-1;+1. The third-order valence-electron chi connectivity index (χ3n) is 2.96. The summed E-state index contributed by atoms with van der Waals surface area (Å²) in [6.07, 6.45) is 6.00. The van der Waals surface area contributed by atoms with E-state index in [9.17, 15) is 0 Å². The summed E-state index contributed by atoms with van der Waals surface area (Å²) in [7, 11) is 3.83. The second kappa shape index (κ2) is 6.87. The van der Waals surface area contributed by atoms with Gasteiger partial charge >= 0.3 is 68.9 Å². The van der Waals surface area contributed by atoms with Gasteiger partial charge in [-0.3, -0.25) is 4.90 Å². The minimum Gasteiger partial charge on any atom is -0.552 e. The van der Waals surface area contributed by atoms with Crippen molar-refractivity contribution in [2.75, 3.05) is 19.6 Å². The molecular weight excluding hydrogens is 300 g/mol. The average molecular weight is 318 g/mol. The van der Waals surface area contributed by atoms with Gasteiger partial charge in [0.25, 0.3) is 0 Å². The number of nitrogens with one attached hydrogen (secondary N) is 1. The number of fused-ring (bicyclic) bond motifs is 1. The zero-order valence-corrected chi connectivity index (χ0v) is 15.8. The van der Waals surface area contributed by atoms with E-state index in [1.54, 1.807) is 0 Å². The molecule has 2 rings (SSSR count). The van der Waals surface area contributed by atoms with Gasteiger partial charge in [-0.25, -0.2) is 0 Å². The molecule has 2 heterocycles. The van der Waals surface area contributed by atoms with E-state index in [1.807, 2.05) is 0 Å². The Morgan fingerprint density at radius 3 is 2.77 bits per heavy atom. The predicted molar refractivity (Wildman–Crippen MR) is 53.9 cm³/mol. The average Bonchev–Trinajstić information content (AvgIpc) is 2.29. The second-order valence-electron chi connectivity index (χ2n) is 3.89. The van der Waals surface area contributed by atoms with Crippen LogP contribution >= 0.6 is 9.24 Å². The minimum atomic E-state index is 0. The van der Waals surface area contributed by atoms with Crippen LogP contribution in [0, 0.1) is 0 Å². The minimum absolute atomic E-state index is 0. The monoisotopic (exact) mass is 318 g/mol. The zero-order chi connectivity index (χ0) is 8.39. The summed E-state index contributed by atoms with van der Waals surface area (Å²) in [5.74, 6) is 0. The third-order valence-corrected chi connectivity index (χ3v) is 3.56. The molecule has 70 valence electrons. The topological polar surface area (TPSA) is 15.3 Å². The normalized spacial score (nSPS) is 35.8. The fraction of sp³-hybridized carbons (Fsp3) is 1.00. The van der Waals surface area contributed by atoms with Crippen molar-refractivity contribution in [3.63, 3.8) is 0 Å². The van der Waals surface area contributed by atoms with Crippen molar-refractivity contribution >= 4 is 9.24 Å². The van der Waals surface area contributed by atoms with E-state index in [1.165, 1.54) is 45.3 Å². The molecule has 2 fully saturated rings. The largest absolute Gasteiger partial charge is 1.00 e. The smallest absolute Gasteiger partial charge is 0.552 e. The van der Waals surface area contributed by atoms with Gasteiger partial charge in [0.2, 0.25) is 0 Å². The summed E-state index contributed by atoms with van der Waals surface area (Å²) in [5.41, 5.74) is 0.660. The van der Waals surface area contributed by atoms with E-state index in [-0.39, 0.29) is 68.9 Å². The van der Waals surface area contributed by atoms with Crippen LogP contribution in [-0.4, -0.2) is 36.4 Å². The Labute approximate surface area is 143 Å². The van der Waals surface area contributed by atoms with E-state index in [0.29, 0.717) is 11.8 Å². The quantitative estimate of drug-likeness (QED) is 0.536. The molecule has 0 saturated carbocycles. The van der Waals surface area contributed by atoms with E-state index in [2.05, 4.69) is 19.5 Å². The molecule has 4 heteroatoms. The van der Waals surface area contributed by atoms with Crippen LogP contribution in [0.4, 0.5) is 0 Å². The number of hydrogen-bond donors (Lipinski definition) is 1. The Balaban J connectivity index is 0.000000845. The van der Waals surface area contributed by atoms with Gasteiger partial charge in [0.1, 0.15) is 0 Å². The number of nitrogens with zero attached hydrogens (tertiary/aromatic N) is 1. The molecule has 2 atom stereocenters. The van der Waals surface area contributed by atoms with E-state index in [0.717, 1.165) is 0 Å². The van der Waals surface area contributed by atoms with Gasteiger partial charge in [-0.05, 0) is 25.9 Å². The van der Waals surface area contributed by atoms with Crippen LogP contribution < -0.4 is 74.2 Å². The number of hydrogen-bond acceptors (Lipinski definition) is 2. The van der Waals surface area contributed by atoms with Crippen molar-refractivity contribution in [2.45, 2.75) is 37.5 Å². The van der Waals surface area contributed by atoms with Gasteiger partial charge in [0.05, 0.1) is 0 Å². The van der Waals surface area contributed by atoms with Crippen molar-refractivity contribution in [2.24, 2.45) is 0 Å². The van der Waals surface area contributed by atoms with Crippen molar-refractivity contribution < 1.29 is 68.9 Å². The summed E-state index contributed by atoms with van der Waals surface area (Å²) >= 11 is 0. The molecule has 0 bridgehead atoms.